The second-order valence-electron chi connectivity index (χ2n) is 3.77. The van der Waals surface area contributed by atoms with E-state index in [-0.39, 0.29) is 27.9 Å². The smallest absolute Gasteiger partial charge is 0.338 e. The van der Waals surface area contributed by atoms with Gasteiger partial charge in [0.1, 0.15) is 6.61 Å². The molecule has 100 valence electrons. The first-order chi connectivity index (χ1) is 9.08. The molecule has 2 aromatic rings. The third kappa shape index (κ3) is 3.39. The number of ether oxygens (including phenoxy) is 1. The molecule has 2 rings (SSSR count). The van der Waals surface area contributed by atoms with Crippen molar-refractivity contribution in [1.29, 1.82) is 0 Å². The minimum Gasteiger partial charge on any atom is -0.460 e. The molecule has 1 aromatic carbocycles. The largest absolute Gasteiger partial charge is 0.460 e. The van der Waals surface area contributed by atoms with Crippen LogP contribution < -0.4 is 5.73 Å². The molecule has 19 heavy (non-hydrogen) atoms. The lowest BCUT2D eigenvalue weighted by molar-refractivity contribution is 0.0488. The van der Waals surface area contributed by atoms with Gasteiger partial charge >= 0.3 is 5.97 Å². The van der Waals surface area contributed by atoms with Crippen molar-refractivity contribution in [3.05, 3.63) is 46.2 Å². The predicted molar refractivity (Wildman–Crippen MR) is 73.4 cm³/mol. The highest BCUT2D eigenvalue weighted by atomic mass is 35.5. The molecule has 1 heterocycles. The number of hydrogen-bond acceptors (Lipinski definition) is 4. The van der Waals surface area contributed by atoms with E-state index in [9.17, 15) is 4.79 Å². The van der Waals surface area contributed by atoms with Crippen LogP contribution in [0.4, 0.5) is 5.69 Å². The number of nitrogen functional groups attached to an aromatic ring is 1. The van der Waals surface area contributed by atoms with Crippen LogP contribution in [0.2, 0.25) is 10.0 Å². The summed E-state index contributed by atoms with van der Waals surface area (Å²) in [6.45, 7) is 0.691. The molecule has 0 saturated heterocycles. The second-order valence-corrected chi connectivity index (χ2v) is 4.55. The van der Waals surface area contributed by atoms with Crippen LogP contribution >= 0.6 is 23.2 Å². The van der Waals surface area contributed by atoms with Gasteiger partial charge in [0.25, 0.3) is 0 Å². The van der Waals surface area contributed by atoms with E-state index in [1.807, 2.05) is 0 Å². The van der Waals surface area contributed by atoms with E-state index in [1.54, 1.807) is 23.1 Å². The number of rotatable bonds is 4. The normalized spacial score (nSPS) is 10.4. The van der Waals surface area contributed by atoms with Crippen LogP contribution in [0.3, 0.4) is 0 Å². The number of aromatic nitrogens is 2. The zero-order valence-corrected chi connectivity index (χ0v) is 11.4. The molecule has 0 atom stereocenters. The fraction of sp³-hybridized carbons (Fsp3) is 0.167. The van der Waals surface area contributed by atoms with Gasteiger partial charge in [0.2, 0.25) is 0 Å². The molecule has 0 spiro atoms. The SMILES string of the molecule is Nc1cc(C(=O)OCCn2cccn2)cc(Cl)c1Cl. The number of nitrogens with zero attached hydrogens (tertiary/aromatic N) is 2. The van der Waals surface area contributed by atoms with E-state index in [1.165, 1.54) is 12.1 Å². The lowest BCUT2D eigenvalue weighted by Crippen LogP contribution is -2.12. The Morgan fingerprint density at radius 3 is 2.84 bits per heavy atom. The van der Waals surface area contributed by atoms with Crippen LogP contribution in [0.1, 0.15) is 10.4 Å². The van der Waals surface area contributed by atoms with Crippen molar-refractivity contribution in [3.63, 3.8) is 0 Å². The maximum atomic E-state index is 11.8. The summed E-state index contributed by atoms with van der Waals surface area (Å²) in [5.41, 5.74) is 6.14. The monoisotopic (exact) mass is 299 g/mol. The Bertz CT molecular complexity index is 562. The van der Waals surface area contributed by atoms with Crippen molar-refractivity contribution in [2.75, 3.05) is 12.3 Å². The van der Waals surface area contributed by atoms with Gasteiger partial charge in [-0.2, -0.15) is 5.10 Å². The number of halogens is 2. The van der Waals surface area contributed by atoms with Gasteiger partial charge in [0.15, 0.2) is 0 Å². The van der Waals surface area contributed by atoms with Crippen LogP contribution in [-0.2, 0) is 11.3 Å². The van der Waals surface area contributed by atoms with E-state index in [0.717, 1.165) is 0 Å². The number of carbonyl (C=O) groups excluding carboxylic acids is 1. The molecule has 0 radical (unpaired) electrons. The Labute approximate surface area is 119 Å². The maximum Gasteiger partial charge on any atom is 0.338 e. The van der Waals surface area contributed by atoms with Crippen LogP contribution in [-0.4, -0.2) is 22.4 Å². The van der Waals surface area contributed by atoms with E-state index in [0.29, 0.717) is 6.54 Å². The van der Waals surface area contributed by atoms with Gasteiger partial charge in [-0.1, -0.05) is 23.2 Å². The molecule has 0 aliphatic carbocycles. The molecule has 0 aliphatic rings. The van der Waals surface area contributed by atoms with E-state index in [4.69, 9.17) is 33.7 Å². The Morgan fingerprint density at radius 2 is 2.21 bits per heavy atom. The number of anilines is 1. The summed E-state index contributed by atoms with van der Waals surface area (Å²) in [5.74, 6) is -0.502. The summed E-state index contributed by atoms with van der Waals surface area (Å²) < 4.78 is 6.76. The first-order valence-corrected chi connectivity index (χ1v) is 6.22. The lowest BCUT2D eigenvalue weighted by Gasteiger charge is -2.07. The number of hydrogen-bond donors (Lipinski definition) is 1. The Morgan fingerprint density at radius 1 is 1.42 bits per heavy atom. The molecule has 5 nitrogen and oxygen atoms in total. The Balaban J connectivity index is 1.96. The molecule has 7 heteroatoms. The van der Waals surface area contributed by atoms with Crippen LogP contribution in [0.25, 0.3) is 0 Å². The van der Waals surface area contributed by atoms with Crippen molar-refractivity contribution in [2.24, 2.45) is 0 Å². The first kappa shape index (κ1) is 13.7. The van der Waals surface area contributed by atoms with Gasteiger partial charge in [-0.3, -0.25) is 4.68 Å². The summed E-state index contributed by atoms with van der Waals surface area (Å²) in [5, 5.41) is 4.45. The number of esters is 1. The fourth-order valence-electron chi connectivity index (χ4n) is 1.48. The molecule has 1 aromatic heterocycles. The summed E-state index contributed by atoms with van der Waals surface area (Å²) in [7, 11) is 0. The number of carbonyl (C=O) groups is 1. The summed E-state index contributed by atoms with van der Waals surface area (Å²) in [6, 6.07) is 4.66. The highest BCUT2D eigenvalue weighted by Gasteiger charge is 2.12. The average molecular weight is 300 g/mol. The number of nitrogens with two attached hydrogens (primary N) is 1. The lowest BCUT2D eigenvalue weighted by atomic mass is 10.2. The van der Waals surface area contributed by atoms with Gasteiger partial charge in [-0.05, 0) is 18.2 Å². The van der Waals surface area contributed by atoms with Crippen molar-refractivity contribution >= 4 is 34.9 Å². The van der Waals surface area contributed by atoms with Crippen molar-refractivity contribution in [2.45, 2.75) is 6.54 Å². The van der Waals surface area contributed by atoms with E-state index < -0.39 is 5.97 Å². The summed E-state index contributed by atoms with van der Waals surface area (Å²) in [6.07, 6.45) is 3.44. The molecule has 0 saturated carbocycles. The molecular weight excluding hydrogens is 289 g/mol. The zero-order chi connectivity index (χ0) is 13.8. The molecular formula is C12H11Cl2N3O2. The molecule has 0 amide bonds. The van der Waals surface area contributed by atoms with Crippen LogP contribution in [0.5, 0.6) is 0 Å². The van der Waals surface area contributed by atoms with Gasteiger partial charge in [0, 0.05) is 12.4 Å². The highest BCUT2D eigenvalue weighted by molar-refractivity contribution is 6.43. The maximum absolute atomic E-state index is 11.8. The Kier molecular flexibility index (Phi) is 4.29. The number of benzene rings is 1. The zero-order valence-electron chi connectivity index (χ0n) is 9.85. The summed E-state index contributed by atoms with van der Waals surface area (Å²) in [4.78, 5) is 11.8. The topological polar surface area (TPSA) is 70.1 Å². The van der Waals surface area contributed by atoms with Gasteiger partial charge < -0.3 is 10.5 Å². The minimum atomic E-state index is -0.502. The van der Waals surface area contributed by atoms with E-state index >= 15 is 0 Å². The van der Waals surface area contributed by atoms with E-state index in [2.05, 4.69) is 5.10 Å². The van der Waals surface area contributed by atoms with Crippen molar-refractivity contribution in [1.82, 2.24) is 9.78 Å². The van der Waals surface area contributed by atoms with Gasteiger partial charge in [-0.15, -0.1) is 0 Å². The molecule has 2 N–H and O–H groups in total. The minimum absolute atomic E-state index is 0.209. The molecule has 0 bridgehead atoms. The molecule has 0 fully saturated rings. The molecule has 0 aliphatic heterocycles. The highest BCUT2D eigenvalue weighted by Crippen LogP contribution is 2.29. The van der Waals surface area contributed by atoms with Gasteiger partial charge in [-0.25, -0.2) is 4.79 Å². The van der Waals surface area contributed by atoms with Gasteiger partial charge in [0.05, 0.1) is 27.8 Å². The van der Waals surface area contributed by atoms with Crippen molar-refractivity contribution in [3.8, 4) is 0 Å². The summed E-state index contributed by atoms with van der Waals surface area (Å²) >= 11 is 11.7. The second kappa shape index (κ2) is 5.95. The average Bonchev–Trinajstić information content (AvgIpc) is 2.88. The third-order valence-electron chi connectivity index (χ3n) is 2.40. The standard InChI is InChI=1S/C12H11Cl2N3O2/c13-9-6-8(7-10(15)11(9)14)12(18)19-5-4-17-3-1-2-16-17/h1-3,6-7H,4-5,15H2. The van der Waals surface area contributed by atoms with Crippen LogP contribution in [0, 0.1) is 0 Å². The quantitative estimate of drug-likeness (QED) is 0.696. The first-order valence-electron chi connectivity index (χ1n) is 5.47. The van der Waals surface area contributed by atoms with Crippen LogP contribution in [0.15, 0.2) is 30.6 Å². The predicted octanol–water partition coefficient (Wildman–Crippen LogP) is 2.63. The molecule has 0 unspecified atom stereocenters. The Hall–Kier alpha value is -1.72. The van der Waals surface area contributed by atoms with Crippen molar-refractivity contribution < 1.29 is 9.53 Å². The fourth-order valence-corrected chi connectivity index (χ4v) is 1.81. The third-order valence-corrected chi connectivity index (χ3v) is 3.22.